The van der Waals surface area contributed by atoms with E-state index in [-0.39, 0.29) is 15.7 Å². The minimum atomic E-state index is -0.284. The molecule has 0 bridgehead atoms. The first kappa shape index (κ1) is 15.4. The zero-order valence-corrected chi connectivity index (χ0v) is 12.0. The van der Waals surface area contributed by atoms with Gasteiger partial charge in [0.15, 0.2) is 9.76 Å². The number of rotatable bonds is 4. The lowest BCUT2D eigenvalue weighted by molar-refractivity contribution is -0.139. The minimum absolute atomic E-state index is 0.00849. The van der Waals surface area contributed by atoms with Gasteiger partial charge in [-0.05, 0) is 25.8 Å². The van der Waals surface area contributed by atoms with Gasteiger partial charge in [-0.25, -0.2) is 4.79 Å². The molecule has 1 rings (SSSR count). The van der Waals surface area contributed by atoms with Crippen molar-refractivity contribution in [1.29, 1.82) is 0 Å². The summed E-state index contributed by atoms with van der Waals surface area (Å²) in [6.07, 6.45) is 4.72. The molecule has 0 aromatic heterocycles. The monoisotopic (exact) mass is 244 g/mol. The Bertz CT molecular complexity index is 189. The molecule has 1 aliphatic rings. The van der Waals surface area contributed by atoms with E-state index in [2.05, 4.69) is 13.5 Å². The number of carbonyl (C=O) groups is 1. The molecular formula is C12H24O3Si. The molecule has 0 spiro atoms. The second-order valence-corrected chi connectivity index (χ2v) is 5.47. The Kier molecular flexibility index (Phi) is 10.5. The van der Waals surface area contributed by atoms with Crippen molar-refractivity contribution in [3.63, 3.8) is 0 Å². The molecule has 3 nitrogen and oxygen atoms in total. The van der Waals surface area contributed by atoms with Crippen LogP contribution in [0, 0.1) is 0 Å². The van der Waals surface area contributed by atoms with Crippen molar-refractivity contribution in [2.24, 2.45) is 0 Å². The summed E-state index contributed by atoms with van der Waals surface area (Å²) in [7, 11) is 0.00849. The normalized spacial score (nSPS) is 16.1. The topological polar surface area (TPSA) is 35.5 Å². The van der Waals surface area contributed by atoms with Gasteiger partial charge in [-0.2, -0.15) is 0 Å². The van der Waals surface area contributed by atoms with Crippen molar-refractivity contribution in [2.75, 3.05) is 13.2 Å². The maximum absolute atomic E-state index is 10.7. The zero-order valence-electron chi connectivity index (χ0n) is 10.6. The van der Waals surface area contributed by atoms with Crippen LogP contribution in [0.2, 0.25) is 6.04 Å². The number of esters is 1. The van der Waals surface area contributed by atoms with Gasteiger partial charge >= 0.3 is 5.97 Å². The zero-order chi connectivity index (χ0) is 12.2. The van der Waals surface area contributed by atoms with Crippen molar-refractivity contribution in [3.05, 3.63) is 12.2 Å². The Labute approximate surface area is 101 Å². The molecular weight excluding hydrogens is 220 g/mol. The van der Waals surface area contributed by atoms with Crippen LogP contribution in [0.3, 0.4) is 0 Å². The van der Waals surface area contributed by atoms with Gasteiger partial charge in [0.05, 0.1) is 6.61 Å². The molecule has 1 saturated heterocycles. The first-order valence-electron chi connectivity index (χ1n) is 6.08. The van der Waals surface area contributed by atoms with E-state index in [9.17, 15) is 4.79 Å². The Morgan fingerprint density at radius 3 is 2.56 bits per heavy atom. The van der Waals surface area contributed by atoms with Crippen LogP contribution >= 0.6 is 0 Å². The first-order chi connectivity index (χ1) is 7.68. The maximum atomic E-state index is 10.7. The van der Waals surface area contributed by atoms with Crippen LogP contribution in [0.4, 0.5) is 0 Å². The quantitative estimate of drug-likeness (QED) is 0.329. The minimum Gasteiger partial charge on any atom is -0.462 e. The standard InChI is InChI=1S/C8H14O2.C4H10OSi/c1-4-5-6-10-8(9)7(2)3;1-2-4-6-5-3-1/h2,4-6H2,1,3H3;1-4,6H2. The average molecular weight is 244 g/mol. The largest absolute Gasteiger partial charge is 0.462 e. The van der Waals surface area contributed by atoms with Crippen LogP contribution in [-0.4, -0.2) is 28.9 Å². The Balaban J connectivity index is 0.000000315. The summed E-state index contributed by atoms with van der Waals surface area (Å²) in [6.45, 7) is 8.73. The van der Waals surface area contributed by atoms with E-state index >= 15 is 0 Å². The summed E-state index contributed by atoms with van der Waals surface area (Å²) in [5.74, 6) is -0.284. The molecule has 0 aromatic carbocycles. The number of carbonyl (C=O) groups excluding carboxylic acids is 1. The lowest BCUT2D eigenvalue weighted by Gasteiger charge is -2.07. The fourth-order valence-corrected chi connectivity index (χ4v) is 2.29. The molecule has 1 aliphatic heterocycles. The summed E-state index contributed by atoms with van der Waals surface area (Å²) in [5.41, 5.74) is 0.469. The fraction of sp³-hybridized carbons (Fsp3) is 0.750. The molecule has 0 unspecified atom stereocenters. The van der Waals surface area contributed by atoms with Crippen molar-refractivity contribution in [1.82, 2.24) is 0 Å². The van der Waals surface area contributed by atoms with E-state index < -0.39 is 0 Å². The van der Waals surface area contributed by atoms with Crippen LogP contribution in [0.1, 0.15) is 39.5 Å². The van der Waals surface area contributed by atoms with Gasteiger partial charge in [-0.3, -0.25) is 0 Å². The third kappa shape index (κ3) is 9.92. The van der Waals surface area contributed by atoms with E-state index in [0.717, 1.165) is 19.4 Å². The van der Waals surface area contributed by atoms with Crippen molar-refractivity contribution < 1.29 is 14.0 Å². The van der Waals surface area contributed by atoms with Crippen LogP contribution in [0.5, 0.6) is 0 Å². The Morgan fingerprint density at radius 2 is 2.25 bits per heavy atom. The molecule has 16 heavy (non-hydrogen) atoms. The maximum Gasteiger partial charge on any atom is 0.333 e. The molecule has 4 heteroatoms. The van der Waals surface area contributed by atoms with Crippen molar-refractivity contribution >= 4 is 15.7 Å². The predicted octanol–water partition coefficient (Wildman–Crippen LogP) is 2.20. The highest BCUT2D eigenvalue weighted by Crippen LogP contribution is 2.01. The summed E-state index contributed by atoms with van der Waals surface area (Å²) in [5, 5.41) is 0. The molecule has 0 N–H and O–H groups in total. The van der Waals surface area contributed by atoms with E-state index in [1.165, 1.54) is 18.9 Å². The summed E-state index contributed by atoms with van der Waals surface area (Å²) >= 11 is 0. The molecule has 0 radical (unpaired) electrons. The molecule has 1 fully saturated rings. The Hall–Kier alpha value is -0.613. The van der Waals surface area contributed by atoms with Gasteiger partial charge < -0.3 is 9.16 Å². The highest BCUT2D eigenvalue weighted by atomic mass is 28.2. The Morgan fingerprint density at radius 1 is 1.50 bits per heavy atom. The van der Waals surface area contributed by atoms with Gasteiger partial charge in [-0.15, -0.1) is 0 Å². The van der Waals surface area contributed by atoms with Gasteiger partial charge in [0.2, 0.25) is 0 Å². The van der Waals surface area contributed by atoms with E-state index in [0.29, 0.717) is 12.2 Å². The number of hydrogen-bond donors (Lipinski definition) is 0. The van der Waals surface area contributed by atoms with E-state index in [1.54, 1.807) is 6.92 Å². The second-order valence-electron chi connectivity index (χ2n) is 3.94. The molecule has 0 atom stereocenters. The highest BCUT2D eigenvalue weighted by Gasteiger charge is 2.00. The number of unbranched alkanes of at least 4 members (excludes halogenated alkanes) is 1. The lowest BCUT2D eigenvalue weighted by atomic mass is 10.3. The number of hydrogen-bond acceptors (Lipinski definition) is 3. The van der Waals surface area contributed by atoms with Crippen LogP contribution in [0.15, 0.2) is 12.2 Å². The van der Waals surface area contributed by atoms with Crippen LogP contribution in [0.25, 0.3) is 0 Å². The third-order valence-electron chi connectivity index (χ3n) is 2.16. The summed E-state index contributed by atoms with van der Waals surface area (Å²) in [4.78, 5) is 10.7. The highest BCUT2D eigenvalue weighted by molar-refractivity contribution is 6.27. The molecule has 0 saturated carbocycles. The lowest BCUT2D eigenvalue weighted by Crippen LogP contribution is -2.06. The second kappa shape index (κ2) is 10.9. The van der Waals surface area contributed by atoms with E-state index in [1.807, 2.05) is 0 Å². The molecule has 0 aliphatic carbocycles. The van der Waals surface area contributed by atoms with E-state index in [4.69, 9.17) is 9.16 Å². The van der Waals surface area contributed by atoms with Gasteiger partial charge in [0, 0.05) is 12.2 Å². The predicted molar refractivity (Wildman–Crippen MR) is 69.2 cm³/mol. The summed E-state index contributed by atoms with van der Waals surface area (Å²) < 4.78 is 10.0. The van der Waals surface area contributed by atoms with Crippen LogP contribution < -0.4 is 0 Å². The third-order valence-corrected chi connectivity index (χ3v) is 3.52. The van der Waals surface area contributed by atoms with Gasteiger partial charge in [-0.1, -0.05) is 26.3 Å². The van der Waals surface area contributed by atoms with Crippen LogP contribution in [-0.2, 0) is 14.0 Å². The first-order valence-corrected chi connectivity index (χ1v) is 7.66. The molecule has 1 heterocycles. The molecule has 0 amide bonds. The molecule has 0 aromatic rings. The van der Waals surface area contributed by atoms with Gasteiger partial charge in [0.1, 0.15) is 0 Å². The smallest absolute Gasteiger partial charge is 0.333 e. The number of ether oxygens (including phenoxy) is 1. The average Bonchev–Trinajstić information content (AvgIpc) is 2.32. The molecule has 94 valence electrons. The SMILES string of the molecule is C1CC[SiH2]OC1.C=C(C)C(=O)OCCCC. The van der Waals surface area contributed by atoms with Crippen molar-refractivity contribution in [2.45, 2.75) is 45.6 Å². The van der Waals surface area contributed by atoms with Crippen molar-refractivity contribution in [3.8, 4) is 0 Å². The summed E-state index contributed by atoms with van der Waals surface area (Å²) in [6, 6.07) is 1.42. The van der Waals surface area contributed by atoms with Gasteiger partial charge in [0.25, 0.3) is 0 Å². The fourth-order valence-electron chi connectivity index (χ4n) is 1.12.